The van der Waals surface area contributed by atoms with Gasteiger partial charge in [0.25, 0.3) is 5.56 Å². The van der Waals surface area contributed by atoms with Crippen molar-refractivity contribution < 1.29 is 0 Å². The molecule has 8 heteroatoms. The second-order valence-corrected chi connectivity index (χ2v) is 6.71. The smallest absolute Gasteiger partial charge is 0.280 e. The highest BCUT2D eigenvalue weighted by Crippen LogP contribution is 2.10. The maximum absolute atomic E-state index is 13.0. The van der Waals surface area contributed by atoms with Crippen LogP contribution >= 0.6 is 0 Å². The first-order valence-corrected chi connectivity index (χ1v) is 9.69. The maximum atomic E-state index is 13.0. The molecule has 0 amide bonds. The van der Waals surface area contributed by atoms with E-state index in [9.17, 15) is 4.79 Å². The van der Waals surface area contributed by atoms with E-state index in [0.717, 1.165) is 11.4 Å². The molecule has 0 saturated heterocycles. The number of nitrogens with one attached hydrogen (secondary N) is 1. The first kappa shape index (κ1) is 20.0. The van der Waals surface area contributed by atoms with Crippen molar-refractivity contribution in [3.63, 3.8) is 0 Å². The molecule has 0 aliphatic carbocycles. The number of para-hydroxylation sites is 1. The number of benzene rings is 1. The molecule has 0 saturated carbocycles. The van der Waals surface area contributed by atoms with E-state index in [-0.39, 0.29) is 5.56 Å². The van der Waals surface area contributed by atoms with E-state index in [1.165, 1.54) is 6.21 Å². The molecule has 0 bridgehead atoms. The average molecular weight is 411 g/mol. The van der Waals surface area contributed by atoms with Gasteiger partial charge in [0.15, 0.2) is 11.7 Å². The fraction of sp³-hybridized carbons (Fsp3) is 0.0870. The average Bonchev–Trinajstić information content (AvgIpc) is 3.03. The van der Waals surface area contributed by atoms with E-state index < -0.39 is 0 Å². The van der Waals surface area contributed by atoms with Gasteiger partial charge in [-0.15, -0.1) is 0 Å². The van der Waals surface area contributed by atoms with Gasteiger partial charge in [-0.25, -0.2) is 14.7 Å². The summed E-state index contributed by atoms with van der Waals surface area (Å²) in [6.45, 7) is 1.88. The first-order valence-electron chi connectivity index (χ1n) is 9.69. The molecule has 3 aromatic heterocycles. The lowest BCUT2D eigenvalue weighted by atomic mass is 10.3. The number of hydrogen-bond acceptors (Lipinski definition) is 5. The Morgan fingerprint density at radius 3 is 2.35 bits per heavy atom. The Kier molecular flexibility index (Phi) is 5.79. The van der Waals surface area contributed by atoms with E-state index in [0.29, 0.717) is 22.9 Å². The van der Waals surface area contributed by atoms with Crippen molar-refractivity contribution in [1.82, 2.24) is 24.8 Å². The molecular weight excluding hydrogens is 390 g/mol. The number of pyridine rings is 2. The zero-order valence-electron chi connectivity index (χ0n) is 17.2. The Bertz CT molecular complexity index is 1270. The number of rotatable bonds is 5. The predicted molar refractivity (Wildman–Crippen MR) is 121 cm³/mol. The van der Waals surface area contributed by atoms with Gasteiger partial charge in [0.1, 0.15) is 5.69 Å². The lowest BCUT2D eigenvalue weighted by Crippen LogP contribution is -2.22. The van der Waals surface area contributed by atoms with Gasteiger partial charge in [-0.1, -0.05) is 30.3 Å². The van der Waals surface area contributed by atoms with Crippen LogP contribution in [0.15, 0.2) is 94.0 Å². The number of hydrazone groups is 1. The molecule has 4 aromatic rings. The molecule has 0 fully saturated rings. The largest absolute Gasteiger partial charge is 0.285 e. The molecule has 1 N–H and O–H groups in total. The Morgan fingerprint density at radius 1 is 0.968 bits per heavy atom. The molecule has 0 radical (unpaired) electrons. The van der Waals surface area contributed by atoms with Gasteiger partial charge in [0, 0.05) is 25.1 Å². The molecule has 31 heavy (non-hydrogen) atoms. The third-order valence-electron chi connectivity index (χ3n) is 4.75. The minimum Gasteiger partial charge on any atom is -0.285 e. The van der Waals surface area contributed by atoms with Crippen molar-refractivity contribution in [2.24, 2.45) is 17.1 Å². The van der Waals surface area contributed by atoms with Crippen LogP contribution < -0.4 is 11.0 Å². The van der Waals surface area contributed by atoms with E-state index in [1.54, 1.807) is 27.8 Å². The molecule has 0 aliphatic rings. The van der Waals surface area contributed by atoms with Gasteiger partial charge in [0.05, 0.1) is 17.5 Å². The number of nitrogens with zero attached hydrogens (tertiary/aromatic N) is 6. The van der Waals surface area contributed by atoms with Crippen LogP contribution in [-0.2, 0) is 7.05 Å². The van der Waals surface area contributed by atoms with Crippen LogP contribution in [0.1, 0.15) is 17.0 Å². The Hall–Kier alpha value is -4.33. The number of aliphatic imine (C=N–C) groups is 1. The van der Waals surface area contributed by atoms with Gasteiger partial charge in [0.2, 0.25) is 0 Å². The minimum absolute atomic E-state index is 0.155. The Morgan fingerprint density at radius 2 is 1.68 bits per heavy atom. The van der Waals surface area contributed by atoms with Crippen LogP contribution in [-0.4, -0.2) is 31.4 Å². The highest BCUT2D eigenvalue weighted by Gasteiger charge is 2.14. The quantitative estimate of drug-likeness (QED) is 0.311. The fourth-order valence-corrected chi connectivity index (χ4v) is 3.07. The summed E-state index contributed by atoms with van der Waals surface area (Å²) in [7, 11) is 1.84. The standard InChI is InChI=1S/C23H21N7O/c1-17-19(23(31)30(29(17)2)18-10-4-3-5-11-18)16-26-28-22(20-12-6-8-14-24-20)27-21-13-7-9-15-25-21/h3-16H,1-2H3,(H,25,27,28). The molecule has 0 spiro atoms. The third kappa shape index (κ3) is 4.32. The van der Waals surface area contributed by atoms with Crippen LogP contribution in [0.2, 0.25) is 0 Å². The summed E-state index contributed by atoms with van der Waals surface area (Å²) in [5.74, 6) is 0.945. The van der Waals surface area contributed by atoms with Gasteiger partial charge >= 0.3 is 0 Å². The van der Waals surface area contributed by atoms with E-state index in [1.807, 2.05) is 74.6 Å². The van der Waals surface area contributed by atoms with Crippen LogP contribution in [0.5, 0.6) is 0 Å². The summed E-state index contributed by atoms with van der Waals surface area (Å²) in [5.41, 5.74) is 5.43. The van der Waals surface area contributed by atoms with E-state index in [2.05, 4.69) is 25.5 Å². The summed E-state index contributed by atoms with van der Waals surface area (Å²) >= 11 is 0. The summed E-state index contributed by atoms with van der Waals surface area (Å²) in [4.78, 5) is 26.1. The first-order chi connectivity index (χ1) is 15.1. The van der Waals surface area contributed by atoms with Crippen molar-refractivity contribution >= 4 is 17.9 Å². The van der Waals surface area contributed by atoms with Gasteiger partial charge < -0.3 is 0 Å². The Balaban J connectivity index is 1.66. The topological polar surface area (TPSA) is 89.5 Å². The van der Waals surface area contributed by atoms with Crippen LogP contribution in [0.25, 0.3) is 5.69 Å². The second-order valence-electron chi connectivity index (χ2n) is 6.71. The SMILES string of the molecule is Cc1c(C=NN/C(=N/c2ccccn2)c2ccccn2)c(=O)n(-c2ccccc2)n1C. The zero-order chi connectivity index (χ0) is 21.6. The van der Waals surface area contributed by atoms with E-state index >= 15 is 0 Å². The van der Waals surface area contributed by atoms with Gasteiger partial charge in [-0.3, -0.25) is 19.9 Å². The normalized spacial score (nSPS) is 11.7. The van der Waals surface area contributed by atoms with Crippen LogP contribution in [0.3, 0.4) is 0 Å². The van der Waals surface area contributed by atoms with Crippen LogP contribution in [0, 0.1) is 6.92 Å². The lowest BCUT2D eigenvalue weighted by Gasteiger charge is -2.07. The molecular formula is C23H21N7O. The molecule has 0 unspecified atom stereocenters. The van der Waals surface area contributed by atoms with Crippen molar-refractivity contribution in [1.29, 1.82) is 0 Å². The van der Waals surface area contributed by atoms with Crippen molar-refractivity contribution in [3.05, 3.63) is 106 Å². The summed E-state index contributed by atoms with van der Waals surface area (Å²) in [5, 5.41) is 4.28. The zero-order valence-corrected chi connectivity index (χ0v) is 17.2. The summed E-state index contributed by atoms with van der Waals surface area (Å²) in [6, 6.07) is 20.4. The number of hydrogen-bond donors (Lipinski definition) is 1. The molecule has 8 nitrogen and oxygen atoms in total. The lowest BCUT2D eigenvalue weighted by molar-refractivity contribution is 0.630. The Labute approximate surface area is 179 Å². The van der Waals surface area contributed by atoms with E-state index in [4.69, 9.17) is 0 Å². The second kappa shape index (κ2) is 9.00. The minimum atomic E-state index is -0.155. The molecule has 1 aromatic carbocycles. The molecule has 154 valence electrons. The molecule has 0 atom stereocenters. The molecule has 3 heterocycles. The highest BCUT2D eigenvalue weighted by atomic mass is 16.1. The molecule has 0 aliphatic heterocycles. The third-order valence-corrected chi connectivity index (χ3v) is 4.75. The van der Waals surface area contributed by atoms with Gasteiger partial charge in [-0.2, -0.15) is 5.10 Å². The highest BCUT2D eigenvalue weighted by molar-refractivity contribution is 5.98. The maximum Gasteiger partial charge on any atom is 0.280 e. The fourth-order valence-electron chi connectivity index (χ4n) is 3.07. The monoisotopic (exact) mass is 411 g/mol. The van der Waals surface area contributed by atoms with Crippen LogP contribution in [0.4, 0.5) is 5.82 Å². The number of aromatic nitrogens is 4. The number of amidine groups is 1. The summed E-state index contributed by atoms with van der Waals surface area (Å²) < 4.78 is 3.42. The predicted octanol–water partition coefficient (Wildman–Crippen LogP) is 2.98. The summed E-state index contributed by atoms with van der Waals surface area (Å²) in [6.07, 6.45) is 4.85. The van der Waals surface area contributed by atoms with Crippen molar-refractivity contribution in [2.45, 2.75) is 6.92 Å². The van der Waals surface area contributed by atoms with Crippen molar-refractivity contribution in [2.75, 3.05) is 0 Å². The van der Waals surface area contributed by atoms with Crippen molar-refractivity contribution in [3.8, 4) is 5.69 Å². The van der Waals surface area contributed by atoms with Gasteiger partial charge in [-0.05, 0) is 43.3 Å². The molecule has 4 rings (SSSR count).